The van der Waals surface area contributed by atoms with E-state index < -0.39 is 14.8 Å². The highest BCUT2D eigenvalue weighted by atomic mass is 79.9. The van der Waals surface area contributed by atoms with E-state index in [1.807, 2.05) is 50.2 Å². The van der Waals surface area contributed by atoms with Gasteiger partial charge < -0.3 is 9.80 Å². The van der Waals surface area contributed by atoms with Gasteiger partial charge in [-0.15, -0.1) is 0 Å². The number of benzene rings is 1. The van der Waals surface area contributed by atoms with Gasteiger partial charge in [0.1, 0.15) is 4.75 Å². The van der Waals surface area contributed by atoms with Crippen molar-refractivity contribution in [1.82, 2.24) is 18.8 Å². The third-order valence-corrected chi connectivity index (χ3v) is 9.79. The molecule has 0 radical (unpaired) electrons. The van der Waals surface area contributed by atoms with Crippen LogP contribution in [0.25, 0.3) is 22.2 Å². The fraction of sp³-hybridized carbons (Fsp3) is 0.333. The van der Waals surface area contributed by atoms with E-state index in [1.54, 1.807) is 55.5 Å². The van der Waals surface area contributed by atoms with Crippen LogP contribution >= 0.6 is 15.9 Å². The summed E-state index contributed by atoms with van der Waals surface area (Å²) in [6.07, 6.45) is 7.32. The zero-order valence-corrected chi connectivity index (χ0v) is 23.6. The Morgan fingerprint density at radius 1 is 1.14 bits per heavy atom. The summed E-state index contributed by atoms with van der Waals surface area (Å²) in [5.41, 5.74) is 3.54. The first-order chi connectivity index (χ1) is 16.9. The van der Waals surface area contributed by atoms with Crippen LogP contribution < -0.4 is 0 Å². The Bertz CT molecular complexity index is 1470. The van der Waals surface area contributed by atoms with Gasteiger partial charge in [-0.1, -0.05) is 34.1 Å². The quantitative estimate of drug-likeness (QED) is 0.403. The van der Waals surface area contributed by atoms with Gasteiger partial charge in [0.25, 0.3) is 5.91 Å². The molecule has 0 fully saturated rings. The van der Waals surface area contributed by atoms with Gasteiger partial charge in [-0.2, -0.15) is 0 Å². The number of hydrogen-bond donors (Lipinski definition) is 0. The number of nitrogens with zero attached hydrogens (tertiary/aromatic N) is 4. The predicted octanol–water partition coefficient (Wildman–Crippen LogP) is 4.90. The molecule has 2 aromatic heterocycles. The molecule has 0 saturated carbocycles. The van der Waals surface area contributed by atoms with Crippen molar-refractivity contribution in [3.63, 3.8) is 0 Å². The Kier molecular flexibility index (Phi) is 7.28. The molecule has 0 N–H and O–H groups in total. The van der Waals surface area contributed by atoms with Gasteiger partial charge in [-0.25, -0.2) is 17.4 Å². The molecule has 1 aromatic carbocycles. The number of pyridine rings is 1. The monoisotopic (exact) mass is 570 g/mol. The maximum absolute atomic E-state index is 13.9. The summed E-state index contributed by atoms with van der Waals surface area (Å²) in [6.45, 7) is 5.09. The van der Waals surface area contributed by atoms with Gasteiger partial charge in [0, 0.05) is 53.5 Å². The molecule has 0 saturated heterocycles. The number of halogens is 1. The van der Waals surface area contributed by atoms with E-state index in [0.29, 0.717) is 24.2 Å². The molecule has 0 bridgehead atoms. The second-order valence-corrected chi connectivity index (χ2v) is 12.9. The molecule has 0 spiro atoms. The summed E-state index contributed by atoms with van der Waals surface area (Å²) < 4.78 is 28.8. The summed E-state index contributed by atoms with van der Waals surface area (Å²) >= 11 is 3.50. The van der Waals surface area contributed by atoms with Gasteiger partial charge in [-0.05, 0) is 75.8 Å². The molecule has 9 heteroatoms. The summed E-state index contributed by atoms with van der Waals surface area (Å²) in [6, 6.07) is 11.0. The van der Waals surface area contributed by atoms with Crippen LogP contribution in [0.5, 0.6) is 0 Å². The van der Waals surface area contributed by atoms with Crippen LogP contribution in [0.15, 0.2) is 71.0 Å². The molecule has 7 nitrogen and oxygen atoms in total. The molecule has 1 atom stereocenters. The van der Waals surface area contributed by atoms with E-state index in [2.05, 4.69) is 20.9 Å². The van der Waals surface area contributed by atoms with Gasteiger partial charge in [0.15, 0.2) is 5.65 Å². The van der Waals surface area contributed by atoms with Gasteiger partial charge in [0.2, 0.25) is 10.0 Å². The Labute approximate surface area is 221 Å². The van der Waals surface area contributed by atoms with Crippen LogP contribution in [0.2, 0.25) is 0 Å². The Balaban J connectivity index is 1.72. The lowest BCUT2D eigenvalue weighted by Gasteiger charge is -2.29. The van der Waals surface area contributed by atoms with Crippen molar-refractivity contribution in [2.75, 3.05) is 34.2 Å². The highest BCUT2D eigenvalue weighted by Crippen LogP contribution is 2.39. The third-order valence-electron chi connectivity index (χ3n) is 6.67. The molecule has 1 unspecified atom stereocenters. The first kappa shape index (κ1) is 26.3. The molecule has 2 heterocycles. The fourth-order valence-electron chi connectivity index (χ4n) is 4.21. The molecule has 190 valence electrons. The molecule has 1 aliphatic rings. The van der Waals surface area contributed by atoms with Crippen molar-refractivity contribution in [2.24, 2.45) is 0 Å². The van der Waals surface area contributed by atoms with Crippen LogP contribution in [0.1, 0.15) is 30.6 Å². The van der Waals surface area contributed by atoms with Crippen molar-refractivity contribution < 1.29 is 13.2 Å². The molecule has 36 heavy (non-hydrogen) atoms. The second-order valence-electron chi connectivity index (χ2n) is 9.72. The van der Waals surface area contributed by atoms with Crippen molar-refractivity contribution >= 4 is 42.9 Å². The Morgan fingerprint density at radius 3 is 2.47 bits per heavy atom. The van der Waals surface area contributed by atoms with E-state index >= 15 is 0 Å². The first-order valence-electron chi connectivity index (χ1n) is 11.7. The number of amides is 1. The fourth-order valence-corrected chi connectivity index (χ4v) is 6.65. The lowest BCUT2D eigenvalue weighted by atomic mass is 9.98. The van der Waals surface area contributed by atoms with Crippen molar-refractivity contribution in [3.05, 3.63) is 76.6 Å². The van der Waals surface area contributed by atoms with Crippen LogP contribution in [0.4, 0.5) is 0 Å². The summed E-state index contributed by atoms with van der Waals surface area (Å²) in [7, 11) is 1.90. The van der Waals surface area contributed by atoms with Crippen molar-refractivity contribution in [3.8, 4) is 11.1 Å². The molecular weight excluding hydrogens is 540 g/mol. The summed E-state index contributed by atoms with van der Waals surface area (Å²) in [5, 5.41) is 0.734. The molecule has 4 rings (SSSR count). The first-order valence-corrected chi connectivity index (χ1v) is 14.0. The topological polar surface area (TPSA) is 75.5 Å². The largest absolute Gasteiger partial charge is 0.340 e. The maximum Gasteiger partial charge on any atom is 0.253 e. The minimum atomic E-state index is -3.84. The van der Waals surface area contributed by atoms with Crippen LogP contribution in [0.3, 0.4) is 0 Å². The van der Waals surface area contributed by atoms with Crippen LogP contribution in [-0.2, 0) is 10.0 Å². The average molecular weight is 572 g/mol. The molecular formula is C27H31BrN4O3S. The van der Waals surface area contributed by atoms with E-state index in [4.69, 9.17) is 0 Å². The second kappa shape index (κ2) is 9.95. The molecule has 1 amide bonds. The van der Waals surface area contributed by atoms with Gasteiger partial charge >= 0.3 is 0 Å². The highest BCUT2D eigenvalue weighted by molar-refractivity contribution is 9.12. The number of rotatable bonds is 7. The highest BCUT2D eigenvalue weighted by Gasteiger charge is 2.41. The zero-order valence-electron chi connectivity index (χ0n) is 21.2. The number of carbonyl (C=O) groups excluding carboxylic acids is 1. The number of allylic oxidation sites excluding steroid dienone is 3. The number of hydrogen-bond acceptors (Lipinski definition) is 5. The Hall–Kier alpha value is -2.75. The minimum Gasteiger partial charge on any atom is -0.340 e. The third kappa shape index (κ3) is 4.79. The lowest BCUT2D eigenvalue weighted by molar-refractivity contribution is 0.0786. The van der Waals surface area contributed by atoms with E-state index in [-0.39, 0.29) is 5.91 Å². The minimum absolute atomic E-state index is 0.0546. The smallest absolute Gasteiger partial charge is 0.253 e. The van der Waals surface area contributed by atoms with Crippen molar-refractivity contribution in [2.45, 2.75) is 25.0 Å². The molecule has 0 aliphatic heterocycles. The summed E-state index contributed by atoms with van der Waals surface area (Å²) in [4.78, 5) is 21.0. The van der Waals surface area contributed by atoms with Gasteiger partial charge in [0.05, 0.1) is 0 Å². The number of carbonyl (C=O) groups is 1. The standard InChI is InChI=1S/C27H31BrN4O3S/c1-19-12-13-27(2,17-24(19)28)36(34,35)32-18-23(22-7-6-14-29-25(22)32)20-8-10-21(11-9-20)26(33)31(5)16-15-30(3)4/h6-12,14,17-18H,13,15-16H2,1-5H3. The molecule has 3 aromatic rings. The SMILES string of the molecule is CC1=CCC(C)(S(=O)(=O)n2cc(-c3ccc(C(=O)N(C)CCN(C)C)cc3)c3cccnc32)C=C1Br. The lowest BCUT2D eigenvalue weighted by Crippen LogP contribution is -2.38. The normalized spacial score (nSPS) is 18.3. The number of aromatic nitrogens is 2. The zero-order chi connectivity index (χ0) is 26.3. The Morgan fingerprint density at radius 2 is 1.83 bits per heavy atom. The predicted molar refractivity (Wildman–Crippen MR) is 149 cm³/mol. The van der Waals surface area contributed by atoms with Crippen molar-refractivity contribution in [1.29, 1.82) is 0 Å². The van der Waals surface area contributed by atoms with Gasteiger partial charge in [-0.3, -0.25) is 4.79 Å². The van der Waals surface area contributed by atoms with E-state index in [1.165, 1.54) is 3.97 Å². The van der Waals surface area contributed by atoms with Crippen LogP contribution in [-0.4, -0.2) is 72.1 Å². The average Bonchev–Trinajstić information content (AvgIpc) is 3.25. The number of likely N-dealkylation sites (N-methyl/N-ethyl adjacent to an activating group) is 2. The van der Waals surface area contributed by atoms with E-state index in [0.717, 1.165) is 33.1 Å². The van der Waals surface area contributed by atoms with E-state index in [9.17, 15) is 13.2 Å². The number of fused-ring (bicyclic) bond motifs is 1. The van der Waals surface area contributed by atoms with Crippen LogP contribution in [0, 0.1) is 0 Å². The summed E-state index contributed by atoms with van der Waals surface area (Å²) in [5.74, 6) is -0.0546. The maximum atomic E-state index is 13.9. The molecule has 1 aliphatic carbocycles.